The molecule has 0 fully saturated rings. The van der Waals surface area contributed by atoms with Crippen molar-refractivity contribution in [1.29, 1.82) is 5.26 Å². The molecule has 0 aliphatic heterocycles. The van der Waals surface area contributed by atoms with Crippen molar-refractivity contribution in [3.05, 3.63) is 46.1 Å². The second-order valence-electron chi connectivity index (χ2n) is 3.82. The number of nitrogens with two attached hydrogens (primary N) is 1. The molecule has 1 heterocycles. The zero-order chi connectivity index (χ0) is 13.1. The van der Waals surface area contributed by atoms with E-state index in [2.05, 4.69) is 26.2 Å². The summed E-state index contributed by atoms with van der Waals surface area (Å²) in [5, 5.41) is 12.0. The summed E-state index contributed by atoms with van der Waals surface area (Å²) in [6, 6.07) is 9.48. The van der Waals surface area contributed by atoms with Gasteiger partial charge in [0.1, 0.15) is 6.07 Å². The van der Waals surface area contributed by atoms with Crippen molar-refractivity contribution in [1.82, 2.24) is 4.98 Å². The highest BCUT2D eigenvalue weighted by Crippen LogP contribution is 2.26. The molecule has 0 saturated carbocycles. The van der Waals surface area contributed by atoms with Gasteiger partial charge < -0.3 is 11.1 Å². The maximum atomic E-state index is 8.91. The zero-order valence-corrected chi connectivity index (χ0v) is 11.3. The van der Waals surface area contributed by atoms with Crippen molar-refractivity contribution < 1.29 is 0 Å². The van der Waals surface area contributed by atoms with Gasteiger partial charge in [-0.1, -0.05) is 15.9 Å². The molecule has 0 spiro atoms. The zero-order valence-electron chi connectivity index (χ0n) is 9.74. The van der Waals surface area contributed by atoms with Gasteiger partial charge in [0.25, 0.3) is 0 Å². The van der Waals surface area contributed by atoms with Crippen LogP contribution in [0, 0.1) is 18.3 Å². The monoisotopic (exact) mass is 302 g/mol. The van der Waals surface area contributed by atoms with Gasteiger partial charge in [-0.25, -0.2) is 4.98 Å². The molecule has 1 aromatic heterocycles. The number of aryl methyl sites for hydroxylation is 1. The Bertz CT molecular complexity index is 631. The molecule has 0 saturated heterocycles. The lowest BCUT2D eigenvalue weighted by molar-refractivity contribution is 1.28. The fourth-order valence-electron chi connectivity index (χ4n) is 1.57. The van der Waals surface area contributed by atoms with Crippen LogP contribution in [0.5, 0.6) is 0 Å². The molecule has 4 nitrogen and oxygen atoms in total. The van der Waals surface area contributed by atoms with E-state index in [1.165, 1.54) is 0 Å². The molecule has 5 heteroatoms. The van der Waals surface area contributed by atoms with Gasteiger partial charge in [-0.3, -0.25) is 0 Å². The minimum absolute atomic E-state index is 0.363. The van der Waals surface area contributed by atoms with Gasteiger partial charge in [0, 0.05) is 16.4 Å². The van der Waals surface area contributed by atoms with E-state index >= 15 is 0 Å². The number of hydrogen-bond donors (Lipinski definition) is 2. The second-order valence-corrected chi connectivity index (χ2v) is 4.73. The first kappa shape index (κ1) is 12.4. The number of halogens is 1. The first-order valence-corrected chi connectivity index (χ1v) is 6.09. The fourth-order valence-corrected chi connectivity index (χ4v) is 2.04. The number of nitrogen functional groups attached to an aromatic ring is 1. The molecule has 0 amide bonds. The van der Waals surface area contributed by atoms with Crippen molar-refractivity contribution in [2.45, 2.75) is 6.92 Å². The van der Waals surface area contributed by atoms with Gasteiger partial charge in [0.15, 0.2) is 5.82 Å². The molecule has 0 atom stereocenters. The van der Waals surface area contributed by atoms with Gasteiger partial charge in [-0.15, -0.1) is 0 Å². The Kier molecular flexibility index (Phi) is 3.49. The minimum Gasteiger partial charge on any atom is -0.395 e. The Balaban J connectivity index is 2.38. The van der Waals surface area contributed by atoms with E-state index in [-0.39, 0.29) is 0 Å². The summed E-state index contributed by atoms with van der Waals surface area (Å²) >= 11 is 3.41. The van der Waals surface area contributed by atoms with Crippen LogP contribution in [0.15, 0.2) is 34.9 Å². The largest absolute Gasteiger partial charge is 0.395 e. The Morgan fingerprint density at radius 2 is 2.17 bits per heavy atom. The number of nitrogens with one attached hydrogen (secondary N) is 1. The lowest BCUT2D eigenvalue weighted by atomic mass is 10.2. The average Bonchev–Trinajstić information content (AvgIpc) is 2.35. The van der Waals surface area contributed by atoms with Crippen LogP contribution in [0.3, 0.4) is 0 Å². The smallest absolute Gasteiger partial charge is 0.154 e. The number of hydrogen-bond acceptors (Lipinski definition) is 4. The highest BCUT2D eigenvalue weighted by Gasteiger charge is 2.07. The average molecular weight is 303 g/mol. The molecule has 2 aromatic rings. The predicted molar refractivity (Wildman–Crippen MR) is 75.5 cm³/mol. The third-order valence-corrected chi connectivity index (χ3v) is 3.05. The summed E-state index contributed by atoms with van der Waals surface area (Å²) in [6.45, 7) is 1.98. The van der Waals surface area contributed by atoms with Crippen molar-refractivity contribution in [3.63, 3.8) is 0 Å². The van der Waals surface area contributed by atoms with Crippen LogP contribution in [-0.4, -0.2) is 4.98 Å². The Morgan fingerprint density at radius 1 is 1.39 bits per heavy atom. The van der Waals surface area contributed by atoms with Crippen molar-refractivity contribution >= 4 is 33.1 Å². The summed E-state index contributed by atoms with van der Waals surface area (Å²) in [6.07, 6.45) is 1.56. The summed E-state index contributed by atoms with van der Waals surface area (Å²) in [7, 11) is 0. The SMILES string of the molecule is Cc1cc(Br)ccc1Nc1nccc(C#N)c1N. The lowest BCUT2D eigenvalue weighted by Gasteiger charge is -2.11. The van der Waals surface area contributed by atoms with Gasteiger partial charge in [0.2, 0.25) is 0 Å². The molecule has 2 rings (SSSR count). The standard InChI is InChI=1S/C13H11BrN4/c1-8-6-10(14)2-3-11(8)18-13-12(16)9(7-15)4-5-17-13/h2-6H,16H2,1H3,(H,17,18). The highest BCUT2D eigenvalue weighted by atomic mass is 79.9. The Morgan fingerprint density at radius 3 is 2.83 bits per heavy atom. The molecule has 18 heavy (non-hydrogen) atoms. The second kappa shape index (κ2) is 5.07. The maximum absolute atomic E-state index is 8.91. The highest BCUT2D eigenvalue weighted by molar-refractivity contribution is 9.10. The summed E-state index contributed by atoms with van der Waals surface area (Å²) in [4.78, 5) is 4.15. The number of rotatable bonds is 2. The Hall–Kier alpha value is -2.06. The van der Waals surface area contributed by atoms with E-state index < -0.39 is 0 Å². The third kappa shape index (κ3) is 2.44. The van der Waals surface area contributed by atoms with E-state index in [1.54, 1.807) is 12.3 Å². The maximum Gasteiger partial charge on any atom is 0.154 e. The summed E-state index contributed by atoms with van der Waals surface area (Å²) in [5.41, 5.74) is 8.62. The first-order valence-electron chi connectivity index (χ1n) is 5.29. The van der Waals surface area contributed by atoms with Crippen molar-refractivity contribution in [3.8, 4) is 6.07 Å². The number of pyridine rings is 1. The molecular weight excluding hydrogens is 292 g/mol. The van der Waals surface area contributed by atoms with Gasteiger partial charge in [-0.2, -0.15) is 5.26 Å². The van der Waals surface area contributed by atoms with E-state index in [0.717, 1.165) is 15.7 Å². The summed E-state index contributed by atoms with van der Waals surface area (Å²) in [5.74, 6) is 0.500. The molecular formula is C13H11BrN4. The molecule has 0 bridgehead atoms. The van der Waals surface area contributed by atoms with Crippen LogP contribution in [0.2, 0.25) is 0 Å². The van der Waals surface area contributed by atoms with E-state index in [4.69, 9.17) is 11.0 Å². The van der Waals surface area contributed by atoms with Crippen LogP contribution in [0.1, 0.15) is 11.1 Å². The number of anilines is 3. The van der Waals surface area contributed by atoms with Crippen LogP contribution in [0.25, 0.3) is 0 Å². The molecule has 3 N–H and O–H groups in total. The Labute approximate surface area is 114 Å². The summed E-state index contributed by atoms with van der Waals surface area (Å²) < 4.78 is 1.01. The van der Waals surface area contributed by atoms with Crippen molar-refractivity contribution in [2.75, 3.05) is 11.1 Å². The predicted octanol–water partition coefficient (Wildman–Crippen LogP) is 3.35. The molecule has 0 aliphatic carbocycles. The topological polar surface area (TPSA) is 74.7 Å². The third-order valence-electron chi connectivity index (χ3n) is 2.55. The van der Waals surface area contributed by atoms with Crippen LogP contribution < -0.4 is 11.1 Å². The number of nitriles is 1. The first-order chi connectivity index (χ1) is 8.61. The van der Waals surface area contributed by atoms with Crippen molar-refractivity contribution in [2.24, 2.45) is 0 Å². The molecule has 0 aliphatic rings. The van der Waals surface area contributed by atoms with E-state index in [1.807, 2.05) is 31.2 Å². The fraction of sp³-hybridized carbons (Fsp3) is 0.0769. The van der Waals surface area contributed by atoms with Crippen LogP contribution in [-0.2, 0) is 0 Å². The van der Waals surface area contributed by atoms with Crippen LogP contribution in [0.4, 0.5) is 17.2 Å². The number of benzene rings is 1. The van der Waals surface area contributed by atoms with Gasteiger partial charge >= 0.3 is 0 Å². The lowest BCUT2D eigenvalue weighted by Crippen LogP contribution is -2.02. The molecule has 0 radical (unpaired) electrons. The molecule has 0 unspecified atom stereocenters. The quantitative estimate of drug-likeness (QED) is 0.892. The minimum atomic E-state index is 0.363. The van der Waals surface area contributed by atoms with Gasteiger partial charge in [0.05, 0.1) is 11.3 Å². The van der Waals surface area contributed by atoms with E-state index in [0.29, 0.717) is 17.1 Å². The van der Waals surface area contributed by atoms with Crippen LogP contribution >= 0.6 is 15.9 Å². The number of aromatic nitrogens is 1. The van der Waals surface area contributed by atoms with E-state index in [9.17, 15) is 0 Å². The number of nitrogens with zero attached hydrogens (tertiary/aromatic N) is 2. The molecule has 1 aromatic carbocycles. The molecule has 90 valence electrons. The van der Waals surface area contributed by atoms with Gasteiger partial charge in [-0.05, 0) is 36.8 Å². The normalized spacial score (nSPS) is 9.83.